The Morgan fingerprint density at radius 2 is 1.88 bits per heavy atom. The maximum atomic E-state index is 11.9. The first-order valence-corrected chi connectivity index (χ1v) is 8.28. The molecule has 1 amide bonds. The van der Waals surface area contributed by atoms with Crippen molar-refractivity contribution in [1.29, 1.82) is 0 Å². The predicted octanol–water partition coefficient (Wildman–Crippen LogP) is 1.94. The van der Waals surface area contributed by atoms with Gasteiger partial charge in [0.2, 0.25) is 0 Å². The highest BCUT2D eigenvalue weighted by Gasteiger charge is 2.15. The van der Waals surface area contributed by atoms with Crippen LogP contribution in [0.2, 0.25) is 0 Å². The first-order chi connectivity index (χ1) is 11.6. The van der Waals surface area contributed by atoms with E-state index in [2.05, 4.69) is 10.6 Å². The number of carbonyl (C=O) groups is 2. The summed E-state index contributed by atoms with van der Waals surface area (Å²) >= 11 is 0. The zero-order chi connectivity index (χ0) is 19.0. The van der Waals surface area contributed by atoms with Gasteiger partial charge < -0.3 is 25.2 Å². The maximum absolute atomic E-state index is 11.9. The van der Waals surface area contributed by atoms with Crippen LogP contribution in [0.3, 0.4) is 0 Å². The zero-order valence-electron chi connectivity index (χ0n) is 15.5. The third-order valence-electron chi connectivity index (χ3n) is 3.16. The van der Waals surface area contributed by atoms with Gasteiger partial charge in [-0.05, 0) is 52.3 Å². The number of aliphatic carboxylic acids is 1. The van der Waals surface area contributed by atoms with Crippen molar-refractivity contribution < 1.29 is 24.2 Å². The van der Waals surface area contributed by atoms with Crippen molar-refractivity contribution in [3.8, 4) is 11.5 Å². The van der Waals surface area contributed by atoms with Gasteiger partial charge in [-0.2, -0.15) is 0 Å². The summed E-state index contributed by atoms with van der Waals surface area (Å²) in [6.45, 7) is 9.87. The van der Waals surface area contributed by atoms with E-state index in [1.165, 1.54) is 0 Å². The molecule has 0 radical (unpaired) electrons. The van der Waals surface area contributed by atoms with Crippen LogP contribution in [0.4, 0.5) is 0 Å². The number of hydrogen-bond acceptors (Lipinski definition) is 5. The van der Waals surface area contributed by atoms with Crippen molar-refractivity contribution in [1.82, 2.24) is 10.6 Å². The minimum Gasteiger partial charge on any atom is -0.490 e. The fourth-order valence-corrected chi connectivity index (χ4v) is 2.01. The van der Waals surface area contributed by atoms with Crippen molar-refractivity contribution in [3.05, 3.63) is 23.8 Å². The second kappa shape index (κ2) is 9.27. The molecule has 7 nitrogen and oxygen atoms in total. The number of hydrogen-bond donors (Lipinski definition) is 3. The molecule has 1 rings (SSSR count). The number of carboxylic acids is 1. The number of rotatable bonds is 9. The minimum atomic E-state index is -0.908. The van der Waals surface area contributed by atoms with Gasteiger partial charge in [-0.15, -0.1) is 0 Å². The highest BCUT2D eigenvalue weighted by Crippen LogP contribution is 2.28. The van der Waals surface area contributed by atoms with Gasteiger partial charge in [-0.1, -0.05) is 6.07 Å². The summed E-state index contributed by atoms with van der Waals surface area (Å²) in [6.07, 6.45) is 0. The van der Waals surface area contributed by atoms with Crippen LogP contribution >= 0.6 is 0 Å². The fourth-order valence-electron chi connectivity index (χ4n) is 2.01. The molecular formula is C18H28N2O5. The van der Waals surface area contributed by atoms with E-state index >= 15 is 0 Å². The number of benzene rings is 1. The Kier molecular flexibility index (Phi) is 7.70. The monoisotopic (exact) mass is 352 g/mol. The molecule has 7 heteroatoms. The van der Waals surface area contributed by atoms with Gasteiger partial charge in [0.1, 0.15) is 6.04 Å². The quantitative estimate of drug-likeness (QED) is 0.628. The van der Waals surface area contributed by atoms with Crippen LogP contribution in [-0.2, 0) is 16.1 Å². The van der Waals surface area contributed by atoms with Crippen molar-refractivity contribution in [2.75, 3.05) is 13.2 Å². The predicted molar refractivity (Wildman–Crippen MR) is 94.9 cm³/mol. The van der Waals surface area contributed by atoms with E-state index in [0.29, 0.717) is 24.7 Å². The lowest BCUT2D eigenvalue weighted by Gasteiger charge is -2.21. The molecule has 0 saturated heterocycles. The van der Waals surface area contributed by atoms with Crippen molar-refractivity contribution >= 4 is 11.9 Å². The van der Waals surface area contributed by atoms with Crippen LogP contribution < -0.4 is 20.1 Å². The van der Waals surface area contributed by atoms with E-state index in [1.807, 2.05) is 27.7 Å². The van der Waals surface area contributed by atoms with Crippen LogP contribution in [0.5, 0.6) is 11.5 Å². The molecule has 1 unspecified atom stereocenters. The first-order valence-electron chi connectivity index (χ1n) is 8.28. The van der Waals surface area contributed by atoms with E-state index < -0.39 is 12.0 Å². The number of nitrogens with one attached hydrogen (secondary N) is 2. The lowest BCUT2D eigenvalue weighted by atomic mass is 10.1. The van der Waals surface area contributed by atoms with E-state index in [1.54, 1.807) is 25.1 Å². The summed E-state index contributed by atoms with van der Waals surface area (Å²) in [6, 6.07) is 4.66. The third kappa shape index (κ3) is 7.89. The first kappa shape index (κ1) is 20.8. The second-order valence-corrected chi connectivity index (χ2v) is 6.74. The van der Waals surface area contributed by atoms with Gasteiger partial charge in [-0.3, -0.25) is 9.59 Å². The minimum absolute atomic E-state index is 0.106. The Bertz CT molecular complexity index is 596. The summed E-state index contributed by atoms with van der Waals surface area (Å²) in [5.74, 6) is -0.125. The van der Waals surface area contributed by atoms with Gasteiger partial charge in [0.05, 0.1) is 6.61 Å². The van der Waals surface area contributed by atoms with Crippen LogP contribution in [0, 0.1) is 0 Å². The summed E-state index contributed by atoms with van der Waals surface area (Å²) in [7, 11) is 0. The average Bonchev–Trinajstić information content (AvgIpc) is 2.50. The van der Waals surface area contributed by atoms with Crippen LogP contribution in [0.15, 0.2) is 18.2 Å². The van der Waals surface area contributed by atoms with Crippen molar-refractivity contribution in [2.24, 2.45) is 0 Å². The molecule has 0 aliphatic carbocycles. The van der Waals surface area contributed by atoms with Crippen LogP contribution in [0.25, 0.3) is 0 Å². The molecule has 0 saturated carbocycles. The van der Waals surface area contributed by atoms with Gasteiger partial charge in [0.25, 0.3) is 5.91 Å². The second-order valence-electron chi connectivity index (χ2n) is 6.74. The van der Waals surface area contributed by atoms with Gasteiger partial charge in [-0.25, -0.2) is 0 Å². The Morgan fingerprint density at radius 1 is 1.20 bits per heavy atom. The summed E-state index contributed by atoms with van der Waals surface area (Å²) in [4.78, 5) is 22.7. The molecule has 0 aliphatic rings. The molecule has 140 valence electrons. The third-order valence-corrected chi connectivity index (χ3v) is 3.16. The molecule has 0 bridgehead atoms. The molecule has 0 spiro atoms. The molecule has 0 aliphatic heterocycles. The zero-order valence-corrected chi connectivity index (χ0v) is 15.5. The van der Waals surface area contributed by atoms with Crippen molar-refractivity contribution in [3.63, 3.8) is 0 Å². The Labute approximate surface area is 148 Å². The van der Waals surface area contributed by atoms with E-state index in [4.69, 9.17) is 14.6 Å². The number of carbonyl (C=O) groups excluding carboxylic acids is 1. The molecule has 25 heavy (non-hydrogen) atoms. The largest absolute Gasteiger partial charge is 0.490 e. The van der Waals surface area contributed by atoms with Crippen molar-refractivity contribution in [2.45, 2.75) is 52.7 Å². The number of amides is 1. The smallest absolute Gasteiger partial charge is 0.320 e. The molecule has 0 heterocycles. The van der Waals surface area contributed by atoms with Crippen LogP contribution in [-0.4, -0.2) is 41.8 Å². The highest BCUT2D eigenvalue weighted by molar-refractivity contribution is 5.78. The number of carboxylic acid groups (broad SMARTS) is 1. The Morgan fingerprint density at radius 3 is 2.44 bits per heavy atom. The normalized spacial score (nSPS) is 12.4. The molecule has 1 aromatic rings. The van der Waals surface area contributed by atoms with Gasteiger partial charge in [0, 0.05) is 12.1 Å². The molecular weight excluding hydrogens is 324 g/mol. The summed E-state index contributed by atoms with van der Waals surface area (Å²) in [5.41, 5.74) is 0.544. The maximum Gasteiger partial charge on any atom is 0.320 e. The Hall–Kier alpha value is -2.28. The summed E-state index contributed by atoms with van der Waals surface area (Å²) < 4.78 is 11.1. The van der Waals surface area contributed by atoms with Gasteiger partial charge >= 0.3 is 5.97 Å². The molecule has 3 N–H and O–H groups in total. The molecule has 0 fully saturated rings. The SMILES string of the molecule is CCOc1cc(CNC(C)C(=O)O)ccc1OCC(=O)NC(C)(C)C. The fraction of sp³-hybridized carbons (Fsp3) is 0.556. The lowest BCUT2D eigenvalue weighted by molar-refractivity contribution is -0.139. The Balaban J connectivity index is 2.73. The average molecular weight is 352 g/mol. The summed E-state index contributed by atoms with van der Waals surface area (Å²) in [5, 5.41) is 14.6. The standard InChI is InChI=1S/C18H28N2O5/c1-6-24-15-9-13(10-19-12(2)17(22)23)7-8-14(15)25-11-16(21)20-18(3,4)5/h7-9,12,19H,6,10-11H2,1-5H3,(H,20,21)(H,22,23). The molecule has 1 aromatic carbocycles. The lowest BCUT2D eigenvalue weighted by Crippen LogP contribution is -2.43. The number of ether oxygens (including phenoxy) is 2. The topological polar surface area (TPSA) is 96.9 Å². The van der Waals surface area contributed by atoms with E-state index in [-0.39, 0.29) is 18.1 Å². The van der Waals surface area contributed by atoms with Crippen LogP contribution in [0.1, 0.15) is 40.2 Å². The highest BCUT2D eigenvalue weighted by atomic mass is 16.5. The van der Waals surface area contributed by atoms with E-state index in [0.717, 1.165) is 5.56 Å². The molecule has 0 aromatic heterocycles. The van der Waals surface area contributed by atoms with E-state index in [9.17, 15) is 9.59 Å². The van der Waals surface area contributed by atoms with Gasteiger partial charge in [0.15, 0.2) is 18.1 Å². The molecule has 1 atom stereocenters.